The number of pyridine rings is 2. The predicted molar refractivity (Wildman–Crippen MR) is 95.7 cm³/mol. The van der Waals surface area contributed by atoms with E-state index in [1.165, 1.54) is 7.11 Å². The average molecular weight is 416 g/mol. The number of phenolic OH excluding ortho intramolecular Hbond substituents is 2. The van der Waals surface area contributed by atoms with Crippen LogP contribution in [0.4, 0.5) is 0 Å². The number of nitrogens with zero attached hydrogens (tertiary/aromatic N) is 1. The minimum atomic E-state index is 0. The van der Waals surface area contributed by atoms with Crippen molar-refractivity contribution in [2.45, 2.75) is 6.92 Å². The van der Waals surface area contributed by atoms with Crippen LogP contribution in [0.1, 0.15) is 6.92 Å². The van der Waals surface area contributed by atoms with E-state index < -0.39 is 0 Å². The molecule has 4 rings (SSSR count). The third-order valence-corrected chi connectivity index (χ3v) is 4.39. The van der Waals surface area contributed by atoms with Crippen molar-refractivity contribution < 1.29 is 41.1 Å². The zero-order valence-electron chi connectivity index (χ0n) is 14.4. The highest BCUT2D eigenvalue weighted by Gasteiger charge is 2.16. The number of aromatic nitrogens is 1. The van der Waals surface area contributed by atoms with Gasteiger partial charge in [0.2, 0.25) is 5.52 Å². The molecule has 2 N–H and O–H groups in total. The predicted octanol–water partition coefficient (Wildman–Crippen LogP) is 0.554. The molecule has 0 fully saturated rings. The lowest BCUT2D eigenvalue weighted by molar-refractivity contribution is -0.509. The van der Waals surface area contributed by atoms with Crippen LogP contribution in [0.25, 0.3) is 27.1 Å². The van der Waals surface area contributed by atoms with Gasteiger partial charge in [-0.3, -0.25) is 0 Å². The van der Waals surface area contributed by atoms with E-state index in [-0.39, 0.29) is 28.5 Å². The first-order valence-electron chi connectivity index (χ1n) is 8.05. The fraction of sp³-hybridized carbons (Fsp3) is 0.150. The van der Waals surface area contributed by atoms with Gasteiger partial charge in [-0.15, -0.1) is 0 Å². The third-order valence-electron chi connectivity index (χ3n) is 4.39. The van der Waals surface area contributed by atoms with Crippen molar-refractivity contribution in [1.29, 1.82) is 0 Å². The number of benzene rings is 2. The van der Waals surface area contributed by atoms with E-state index in [1.54, 1.807) is 12.1 Å². The molecule has 0 aliphatic heterocycles. The lowest BCUT2D eigenvalue weighted by Crippen LogP contribution is -3.00. The van der Waals surface area contributed by atoms with E-state index in [0.717, 1.165) is 21.7 Å². The van der Waals surface area contributed by atoms with Crippen LogP contribution in [0.15, 0.2) is 48.8 Å². The third kappa shape index (κ3) is 2.76. The molecule has 2 aromatic heterocycles. The van der Waals surface area contributed by atoms with Crippen LogP contribution in [0.2, 0.25) is 0 Å². The summed E-state index contributed by atoms with van der Waals surface area (Å²) in [4.78, 5) is 0. The smallest absolute Gasteiger partial charge is 0.219 e. The minimum absolute atomic E-state index is 0. The summed E-state index contributed by atoms with van der Waals surface area (Å²) >= 11 is 0. The average Bonchev–Trinajstić information content (AvgIpc) is 2.62. The Morgan fingerprint density at radius 3 is 2.46 bits per heavy atom. The van der Waals surface area contributed by atoms with Gasteiger partial charge in [0.15, 0.2) is 35.4 Å². The van der Waals surface area contributed by atoms with Gasteiger partial charge in [0, 0.05) is 12.1 Å². The van der Waals surface area contributed by atoms with Gasteiger partial charge < -0.3 is 36.7 Å². The Labute approximate surface area is 160 Å². The highest BCUT2D eigenvalue weighted by molar-refractivity contribution is 6.00. The van der Waals surface area contributed by atoms with Gasteiger partial charge in [0.05, 0.1) is 24.5 Å². The Morgan fingerprint density at radius 1 is 0.962 bits per heavy atom. The number of methoxy groups -OCH3 is 1. The monoisotopic (exact) mass is 415 g/mol. The van der Waals surface area contributed by atoms with Gasteiger partial charge in [-0.2, -0.15) is 4.40 Å². The molecule has 0 saturated heterocycles. The molecular formula is C20H18BrNO4. The lowest BCUT2D eigenvalue weighted by atomic mass is 10.1. The van der Waals surface area contributed by atoms with Gasteiger partial charge in [-0.05, 0) is 42.0 Å². The van der Waals surface area contributed by atoms with Crippen molar-refractivity contribution in [1.82, 2.24) is 0 Å². The van der Waals surface area contributed by atoms with Gasteiger partial charge in [-0.25, -0.2) is 0 Å². The number of hydrogen-bond acceptors (Lipinski definition) is 4. The SMILES string of the molecule is CCOc1ccc2cc3c4cc(OC)c(O)cc4cc[n+]3cc2c1O.[Br-]. The maximum absolute atomic E-state index is 10.5. The van der Waals surface area contributed by atoms with Gasteiger partial charge in [-0.1, -0.05) is 0 Å². The summed E-state index contributed by atoms with van der Waals surface area (Å²) in [7, 11) is 1.53. The maximum atomic E-state index is 10.5. The molecule has 0 radical (unpaired) electrons. The number of fused-ring (bicyclic) bond motifs is 4. The largest absolute Gasteiger partial charge is 1.00 e. The second kappa shape index (κ2) is 6.88. The topological polar surface area (TPSA) is 63.0 Å². The first-order valence-corrected chi connectivity index (χ1v) is 8.05. The summed E-state index contributed by atoms with van der Waals surface area (Å²) < 4.78 is 12.6. The van der Waals surface area contributed by atoms with E-state index in [1.807, 2.05) is 48.0 Å². The van der Waals surface area contributed by atoms with Crippen molar-refractivity contribution in [2.75, 3.05) is 13.7 Å². The number of phenols is 2. The number of aromatic hydroxyl groups is 2. The summed E-state index contributed by atoms with van der Waals surface area (Å²) in [6, 6.07) is 11.1. The minimum Gasteiger partial charge on any atom is -1.00 e. The zero-order chi connectivity index (χ0) is 17.6. The van der Waals surface area contributed by atoms with E-state index in [2.05, 4.69) is 0 Å². The van der Waals surface area contributed by atoms with Crippen LogP contribution in [-0.4, -0.2) is 23.9 Å². The zero-order valence-corrected chi connectivity index (χ0v) is 15.9. The number of rotatable bonds is 3. The Morgan fingerprint density at radius 2 is 1.73 bits per heavy atom. The Kier molecular flexibility index (Phi) is 4.78. The molecule has 0 aliphatic rings. The van der Waals surface area contributed by atoms with Crippen molar-refractivity contribution in [3.05, 3.63) is 48.8 Å². The van der Waals surface area contributed by atoms with Crippen molar-refractivity contribution in [3.8, 4) is 23.0 Å². The number of halogens is 1. The molecule has 5 nitrogen and oxygen atoms in total. The first-order chi connectivity index (χ1) is 12.1. The molecule has 0 bridgehead atoms. The highest BCUT2D eigenvalue weighted by atomic mass is 79.9. The van der Waals surface area contributed by atoms with Crippen LogP contribution in [0.5, 0.6) is 23.0 Å². The Bertz CT molecular complexity index is 1130. The molecule has 2 heterocycles. The standard InChI is InChI=1S/C20H17NO4.BrH/c1-3-25-18-5-4-12-8-16-14-10-19(24-2)17(22)9-13(14)6-7-21(16)11-15(12)20(18)23;/h4-11H,3H2,1-2H3,(H,22,23);1H. The van der Waals surface area contributed by atoms with Crippen molar-refractivity contribution in [2.24, 2.45) is 0 Å². The summed E-state index contributed by atoms with van der Waals surface area (Å²) in [6.07, 6.45) is 3.77. The Hall–Kier alpha value is -2.73. The number of ether oxygens (including phenoxy) is 2. The highest BCUT2D eigenvalue weighted by Crippen LogP contribution is 2.36. The second-order valence-electron chi connectivity index (χ2n) is 5.84. The van der Waals surface area contributed by atoms with Crippen LogP contribution < -0.4 is 30.9 Å². The molecule has 0 spiro atoms. The van der Waals surface area contributed by atoms with Crippen LogP contribution in [-0.2, 0) is 0 Å². The van der Waals surface area contributed by atoms with Crippen molar-refractivity contribution >= 4 is 27.1 Å². The molecular weight excluding hydrogens is 398 g/mol. The van der Waals surface area contributed by atoms with Crippen LogP contribution >= 0.6 is 0 Å². The van der Waals surface area contributed by atoms with Crippen molar-refractivity contribution in [3.63, 3.8) is 0 Å². The molecule has 0 amide bonds. The fourth-order valence-corrected chi connectivity index (χ4v) is 3.18. The summed E-state index contributed by atoms with van der Waals surface area (Å²) in [5.41, 5.74) is 0.951. The maximum Gasteiger partial charge on any atom is 0.219 e. The lowest BCUT2D eigenvalue weighted by Gasteiger charge is -2.09. The Balaban J connectivity index is 0.00000196. The normalized spacial score (nSPS) is 10.8. The molecule has 26 heavy (non-hydrogen) atoms. The first kappa shape index (κ1) is 18.1. The van der Waals surface area contributed by atoms with Gasteiger partial charge >= 0.3 is 0 Å². The molecule has 4 aromatic rings. The fourth-order valence-electron chi connectivity index (χ4n) is 3.18. The molecule has 0 saturated carbocycles. The number of hydrogen-bond donors (Lipinski definition) is 2. The molecule has 0 aliphatic carbocycles. The van der Waals surface area contributed by atoms with Gasteiger partial charge in [0.1, 0.15) is 0 Å². The van der Waals surface area contributed by atoms with Gasteiger partial charge in [0.25, 0.3) is 0 Å². The molecule has 134 valence electrons. The van der Waals surface area contributed by atoms with Crippen LogP contribution in [0.3, 0.4) is 0 Å². The summed E-state index contributed by atoms with van der Waals surface area (Å²) in [5, 5.41) is 24.0. The molecule has 6 heteroatoms. The summed E-state index contributed by atoms with van der Waals surface area (Å²) in [6.45, 7) is 2.38. The molecule has 0 unspecified atom stereocenters. The van der Waals surface area contributed by atoms with E-state index in [0.29, 0.717) is 23.5 Å². The van der Waals surface area contributed by atoms with E-state index >= 15 is 0 Å². The molecule has 2 aromatic carbocycles. The second-order valence-corrected chi connectivity index (χ2v) is 5.84. The van der Waals surface area contributed by atoms with E-state index in [4.69, 9.17) is 9.47 Å². The molecule has 0 atom stereocenters. The van der Waals surface area contributed by atoms with Crippen LogP contribution in [0, 0.1) is 0 Å². The van der Waals surface area contributed by atoms with E-state index in [9.17, 15) is 10.2 Å². The quantitative estimate of drug-likeness (QED) is 0.291. The summed E-state index contributed by atoms with van der Waals surface area (Å²) in [5.74, 6) is 1.15.